The summed E-state index contributed by atoms with van der Waals surface area (Å²) in [7, 11) is 29.0. The van der Waals surface area contributed by atoms with Crippen LogP contribution in [-0.4, -0.2) is 227 Å². The Kier molecular flexibility index (Phi) is 84.4. The Balaban J connectivity index is -0.0000000855. The van der Waals surface area contributed by atoms with Gasteiger partial charge in [0.1, 0.15) is 40.5 Å². The molecule has 0 aromatic rings. The molecule has 0 aromatic carbocycles. The second-order valence-corrected chi connectivity index (χ2v) is 15.5. The third-order valence-electron chi connectivity index (χ3n) is 7.77. The first-order valence-corrected chi connectivity index (χ1v) is 23.7. The number of thioether (sulfide) groups is 1. The fourth-order valence-corrected chi connectivity index (χ4v) is 4.90. The Morgan fingerprint density at radius 1 is 0.373 bits per heavy atom. The molecule has 6 atom stereocenters. The highest BCUT2D eigenvalue weighted by atomic mass is 32.2. The Bertz CT molecular complexity index is 1140. The van der Waals surface area contributed by atoms with E-state index in [0.717, 1.165) is 5.75 Å². The molecule has 0 saturated heterocycles. The molecule has 0 aromatic heterocycles. The molecular formula is C45H105N13O8S. The summed E-state index contributed by atoms with van der Waals surface area (Å²) in [6.45, 7) is 12.3. The van der Waals surface area contributed by atoms with Crippen molar-refractivity contribution in [1.82, 2.24) is 69.1 Å². The van der Waals surface area contributed by atoms with Crippen LogP contribution >= 0.6 is 11.8 Å². The molecule has 21 nitrogen and oxygen atoms in total. The lowest BCUT2D eigenvalue weighted by Crippen LogP contribution is -2.51. The van der Waals surface area contributed by atoms with Crippen LogP contribution in [0.1, 0.15) is 67.7 Å². The number of carbonyl (C=O) groups excluding carboxylic acids is 8. The summed E-state index contributed by atoms with van der Waals surface area (Å²) in [6, 6.07) is -1.04. The van der Waals surface area contributed by atoms with Crippen molar-refractivity contribution in [3.63, 3.8) is 0 Å². The summed E-state index contributed by atoms with van der Waals surface area (Å²) in [5.41, 5.74) is 0. The van der Waals surface area contributed by atoms with Gasteiger partial charge in [-0.2, -0.15) is 11.8 Å². The number of hydrogen-bond acceptors (Lipinski definition) is 21. The maximum Gasteiger partial charge on any atom is 0.238 e. The van der Waals surface area contributed by atoms with Crippen LogP contribution < -0.4 is 69.1 Å². The topological polar surface area (TPSA) is 293 Å². The molecule has 0 aliphatic carbocycles. The third-order valence-corrected chi connectivity index (χ3v) is 8.43. The lowest BCUT2D eigenvalue weighted by atomic mass is 10.1. The van der Waals surface area contributed by atoms with Gasteiger partial charge in [-0.3, -0.25) is 33.6 Å². The second kappa shape index (κ2) is 67.3. The Hall–Kier alpha value is -2.97. The van der Waals surface area contributed by atoms with E-state index in [4.69, 9.17) is 0 Å². The van der Waals surface area contributed by atoms with Gasteiger partial charge < -0.3 is 73.9 Å². The quantitative estimate of drug-likeness (QED) is 0.0472. The highest BCUT2D eigenvalue weighted by molar-refractivity contribution is 7.98. The van der Waals surface area contributed by atoms with E-state index < -0.39 is 0 Å². The van der Waals surface area contributed by atoms with Crippen molar-refractivity contribution in [3.05, 3.63) is 0 Å². The van der Waals surface area contributed by atoms with Crippen molar-refractivity contribution in [3.8, 4) is 0 Å². The Morgan fingerprint density at radius 2 is 0.657 bits per heavy atom. The van der Waals surface area contributed by atoms with E-state index in [9.17, 15) is 38.4 Å². The third kappa shape index (κ3) is 74.8. The highest BCUT2D eigenvalue weighted by Crippen LogP contribution is 1.99. The number of carbonyl (C=O) groups is 8. The number of rotatable bonds is 25. The standard InChI is InChI=1S/C10H22N4O2.C8H15NO2.C7H13NO2.C6H14N2O.C6H13NOS.4C2H7N/c1-7(15)8(12-3)6-14-10(16)9(13-4)5-11-2;1-6(10)4-5-8(9-3)7(2)11;1-5(9)4-7(8-3)6(2)10;1-5(9)6(8-3)4-7-2;1-5(8)6(7-2)4-9-3;4*1-3-2/h8-9,11-13H,5-6H2,1-4H3,(H,14,16);8-9H,4-5H2,1-3H3;7-8H,4H2,1-3H3;6-8H,4H2,1-3H3;6-7H,4H2,1-3H3;4*3H,1-2H3/t8-,9-;8-;7-;2*6-;;;;/m00000..../s1. The molecule has 0 aliphatic heterocycles. The molecule has 0 fully saturated rings. The van der Waals surface area contributed by atoms with Gasteiger partial charge in [0.15, 0.2) is 0 Å². The van der Waals surface area contributed by atoms with E-state index in [2.05, 4.69) is 69.1 Å². The van der Waals surface area contributed by atoms with Crippen molar-refractivity contribution in [1.29, 1.82) is 0 Å². The number of ketones is 7. The number of hydrogen-bond donors (Lipinski definition) is 13. The summed E-state index contributed by atoms with van der Waals surface area (Å²) >= 11 is 1.68. The molecule has 22 heteroatoms. The van der Waals surface area contributed by atoms with Crippen LogP contribution in [-0.2, 0) is 38.4 Å². The molecule has 404 valence electrons. The summed E-state index contributed by atoms with van der Waals surface area (Å²) < 4.78 is 0. The fraction of sp³-hybridized carbons (Fsp3) is 0.822. The summed E-state index contributed by atoms with van der Waals surface area (Å²) in [6.07, 6.45) is 3.38. The smallest absolute Gasteiger partial charge is 0.238 e. The molecule has 0 heterocycles. The minimum absolute atomic E-state index is 0.0115. The van der Waals surface area contributed by atoms with Crippen LogP contribution in [0, 0.1) is 0 Å². The van der Waals surface area contributed by atoms with Crippen LogP contribution in [0.5, 0.6) is 0 Å². The molecule has 0 bridgehead atoms. The number of nitrogens with one attached hydrogen (secondary N) is 13. The van der Waals surface area contributed by atoms with Gasteiger partial charge in [0, 0.05) is 38.2 Å². The molecule has 0 saturated carbocycles. The summed E-state index contributed by atoms with van der Waals surface area (Å²) in [5, 5.41) is 36.7. The minimum atomic E-state index is -0.323. The SMILES string of the molecule is CNC.CNC.CNC.CNC.CNC[C@H](NC)C(=O)NC[C@H](NC)C(C)=O.CNC[C@H](NC)C(C)=O.CN[C@@H](CC(C)=O)C(C)=O.CN[C@@H](CCC(C)=O)C(C)=O.CN[C@@H](CSC)C(C)=O. The molecule has 0 radical (unpaired) electrons. The van der Waals surface area contributed by atoms with Gasteiger partial charge in [0.2, 0.25) is 5.91 Å². The van der Waals surface area contributed by atoms with Crippen molar-refractivity contribution in [2.45, 2.75) is 104 Å². The first kappa shape index (κ1) is 84.0. The molecule has 0 spiro atoms. The van der Waals surface area contributed by atoms with Crippen LogP contribution in [0.15, 0.2) is 0 Å². The zero-order valence-corrected chi connectivity index (χ0v) is 47.4. The second-order valence-electron chi connectivity index (χ2n) is 14.6. The average Bonchev–Trinajstić information content (AvgIpc) is 3.24. The van der Waals surface area contributed by atoms with Crippen LogP contribution in [0.25, 0.3) is 0 Å². The number of amides is 1. The van der Waals surface area contributed by atoms with Crippen molar-refractivity contribution < 1.29 is 38.4 Å². The van der Waals surface area contributed by atoms with E-state index >= 15 is 0 Å². The van der Waals surface area contributed by atoms with E-state index in [0.29, 0.717) is 38.9 Å². The molecule has 0 rings (SSSR count). The average molecular weight is 988 g/mol. The van der Waals surface area contributed by atoms with E-state index in [1.54, 1.807) is 67.9 Å². The molecular weight excluding hydrogens is 883 g/mol. The maximum absolute atomic E-state index is 11.7. The fourth-order valence-electron chi connectivity index (χ4n) is 4.16. The summed E-state index contributed by atoms with van der Waals surface area (Å²) in [4.78, 5) is 86.7. The van der Waals surface area contributed by atoms with Gasteiger partial charge in [0.05, 0.1) is 36.3 Å². The summed E-state index contributed by atoms with van der Waals surface area (Å²) in [5.74, 6) is 1.42. The van der Waals surface area contributed by atoms with Crippen LogP contribution in [0.3, 0.4) is 0 Å². The number of likely N-dealkylation sites (N-methyl/N-ethyl adjacent to an activating group) is 8. The van der Waals surface area contributed by atoms with E-state index in [-0.39, 0.29) is 82.6 Å². The van der Waals surface area contributed by atoms with Crippen molar-refractivity contribution >= 4 is 58.2 Å². The van der Waals surface area contributed by atoms with Gasteiger partial charge >= 0.3 is 0 Å². The van der Waals surface area contributed by atoms with Crippen molar-refractivity contribution in [2.75, 3.05) is 144 Å². The van der Waals surface area contributed by atoms with Gasteiger partial charge in [-0.15, -0.1) is 0 Å². The zero-order valence-electron chi connectivity index (χ0n) is 46.6. The zero-order chi connectivity index (χ0) is 54.9. The first-order valence-electron chi connectivity index (χ1n) is 22.3. The van der Waals surface area contributed by atoms with Gasteiger partial charge in [-0.1, -0.05) is 0 Å². The molecule has 1 amide bonds. The van der Waals surface area contributed by atoms with Gasteiger partial charge in [-0.05, 0) is 174 Å². The minimum Gasteiger partial charge on any atom is -0.353 e. The molecule has 0 unspecified atom stereocenters. The molecule has 13 N–H and O–H groups in total. The largest absolute Gasteiger partial charge is 0.353 e. The lowest BCUT2D eigenvalue weighted by molar-refractivity contribution is -0.124. The van der Waals surface area contributed by atoms with E-state index in [1.807, 2.05) is 76.7 Å². The maximum atomic E-state index is 11.7. The highest BCUT2D eigenvalue weighted by Gasteiger charge is 2.18. The normalized spacial score (nSPS) is 12.0. The predicted molar refractivity (Wildman–Crippen MR) is 285 cm³/mol. The van der Waals surface area contributed by atoms with Crippen LogP contribution in [0.2, 0.25) is 0 Å². The molecule has 67 heavy (non-hydrogen) atoms. The Morgan fingerprint density at radius 3 is 0.836 bits per heavy atom. The van der Waals surface area contributed by atoms with Crippen molar-refractivity contribution in [2.24, 2.45) is 0 Å². The predicted octanol–water partition coefficient (Wildman–Crippen LogP) is -1.99. The first-order chi connectivity index (χ1) is 31.3. The number of Topliss-reactive ketones (excluding diaryl/α,β-unsaturated/α-hetero) is 7. The lowest BCUT2D eigenvalue weighted by Gasteiger charge is -2.18. The van der Waals surface area contributed by atoms with Crippen LogP contribution in [0.4, 0.5) is 0 Å². The Labute approximate surface area is 412 Å². The molecule has 0 aliphatic rings. The van der Waals surface area contributed by atoms with Gasteiger partial charge in [-0.25, -0.2) is 0 Å². The van der Waals surface area contributed by atoms with Gasteiger partial charge in [0.25, 0.3) is 0 Å². The van der Waals surface area contributed by atoms with E-state index in [1.165, 1.54) is 34.6 Å². The monoisotopic (exact) mass is 988 g/mol.